The molecule has 1 fully saturated rings. The van der Waals surface area contributed by atoms with Crippen LogP contribution in [-0.2, 0) is 4.79 Å². The predicted molar refractivity (Wildman–Crippen MR) is 119 cm³/mol. The first-order valence-corrected chi connectivity index (χ1v) is 11.2. The van der Waals surface area contributed by atoms with Crippen molar-refractivity contribution in [3.8, 4) is 28.4 Å². The minimum Gasteiger partial charge on any atom is -0.497 e. The first kappa shape index (κ1) is 22.1. The molecule has 1 amide bonds. The number of carbonyl (C=O) groups excluding carboxylic acids is 1. The van der Waals surface area contributed by atoms with E-state index in [2.05, 4.69) is 9.72 Å². The molecular weight excluding hydrogens is 436 g/mol. The van der Waals surface area contributed by atoms with Gasteiger partial charge >= 0.3 is 6.61 Å². The summed E-state index contributed by atoms with van der Waals surface area (Å²) in [5.41, 5.74) is 2.45. The van der Waals surface area contributed by atoms with E-state index < -0.39 is 6.61 Å². The zero-order valence-electron chi connectivity index (χ0n) is 17.5. The summed E-state index contributed by atoms with van der Waals surface area (Å²) in [6.45, 7) is -1.28. The number of hydrogen-bond donors (Lipinski definition) is 0. The summed E-state index contributed by atoms with van der Waals surface area (Å²) in [6, 6.07) is 13.9. The van der Waals surface area contributed by atoms with Crippen molar-refractivity contribution in [2.45, 2.75) is 24.6 Å². The standard InChI is InChI=1S/C23H23F2N3O3S/c1-30-18-8-4-16(5-9-18)20-14-26-23(32-15-21(29)27-12-2-3-13-27)28(20)17-6-10-19(11-7-17)31-22(24)25/h4-11,14,22H,2-3,12-13,15H2,1H3. The second kappa shape index (κ2) is 10.0. The van der Waals surface area contributed by atoms with Crippen LogP contribution in [0.15, 0.2) is 59.9 Å². The maximum Gasteiger partial charge on any atom is 0.387 e. The molecule has 0 spiro atoms. The molecular formula is C23H23F2N3O3S. The van der Waals surface area contributed by atoms with Gasteiger partial charge in [0.1, 0.15) is 11.5 Å². The van der Waals surface area contributed by atoms with E-state index >= 15 is 0 Å². The van der Waals surface area contributed by atoms with Crippen LogP contribution in [-0.4, -0.2) is 52.9 Å². The van der Waals surface area contributed by atoms with Crippen molar-refractivity contribution < 1.29 is 23.0 Å². The highest BCUT2D eigenvalue weighted by molar-refractivity contribution is 7.99. The van der Waals surface area contributed by atoms with Gasteiger partial charge in [0.15, 0.2) is 5.16 Å². The van der Waals surface area contributed by atoms with E-state index in [0.717, 1.165) is 48.6 Å². The van der Waals surface area contributed by atoms with Crippen molar-refractivity contribution in [2.24, 2.45) is 0 Å². The summed E-state index contributed by atoms with van der Waals surface area (Å²) in [7, 11) is 1.61. The van der Waals surface area contributed by atoms with E-state index in [1.807, 2.05) is 33.7 Å². The Labute approximate surface area is 189 Å². The van der Waals surface area contributed by atoms with Crippen molar-refractivity contribution in [3.63, 3.8) is 0 Å². The second-order valence-electron chi connectivity index (χ2n) is 7.24. The van der Waals surface area contributed by atoms with Gasteiger partial charge in [-0.1, -0.05) is 11.8 Å². The number of imidazole rings is 1. The van der Waals surface area contributed by atoms with E-state index in [1.165, 1.54) is 23.9 Å². The number of nitrogens with zero attached hydrogens (tertiary/aromatic N) is 3. The van der Waals surface area contributed by atoms with Crippen LogP contribution in [0.4, 0.5) is 8.78 Å². The van der Waals surface area contributed by atoms with Gasteiger partial charge in [0, 0.05) is 24.3 Å². The average molecular weight is 460 g/mol. The molecule has 4 rings (SSSR count). The maximum atomic E-state index is 12.5. The third kappa shape index (κ3) is 5.04. The number of amides is 1. The molecule has 1 aromatic heterocycles. The third-order valence-electron chi connectivity index (χ3n) is 5.22. The summed E-state index contributed by atoms with van der Waals surface area (Å²) in [5.74, 6) is 1.19. The summed E-state index contributed by atoms with van der Waals surface area (Å²) >= 11 is 1.36. The van der Waals surface area contributed by atoms with E-state index in [9.17, 15) is 13.6 Å². The number of methoxy groups -OCH3 is 1. The first-order chi connectivity index (χ1) is 15.5. The van der Waals surface area contributed by atoms with Gasteiger partial charge in [-0.05, 0) is 61.4 Å². The summed E-state index contributed by atoms with van der Waals surface area (Å²) in [5, 5.41) is 0.644. The number of alkyl halides is 2. The zero-order valence-corrected chi connectivity index (χ0v) is 18.4. The summed E-state index contributed by atoms with van der Waals surface area (Å²) in [6.07, 6.45) is 3.83. The molecule has 0 N–H and O–H groups in total. The van der Waals surface area contributed by atoms with Crippen LogP contribution in [0.3, 0.4) is 0 Å². The molecule has 0 saturated carbocycles. The number of hydrogen-bond acceptors (Lipinski definition) is 5. The van der Waals surface area contributed by atoms with Crippen LogP contribution >= 0.6 is 11.8 Å². The second-order valence-corrected chi connectivity index (χ2v) is 8.18. The highest BCUT2D eigenvalue weighted by atomic mass is 32.2. The number of carbonyl (C=O) groups is 1. The number of rotatable bonds is 8. The van der Waals surface area contributed by atoms with Gasteiger partial charge in [0.25, 0.3) is 0 Å². The fourth-order valence-corrected chi connectivity index (χ4v) is 4.51. The minimum absolute atomic E-state index is 0.0771. The SMILES string of the molecule is COc1ccc(-c2cnc(SCC(=O)N3CCCC3)n2-c2ccc(OC(F)F)cc2)cc1. The molecule has 6 nitrogen and oxygen atoms in total. The molecule has 9 heteroatoms. The molecule has 0 unspecified atom stereocenters. The molecule has 0 radical (unpaired) electrons. The van der Waals surface area contributed by atoms with Gasteiger partial charge in [0.2, 0.25) is 5.91 Å². The molecule has 32 heavy (non-hydrogen) atoms. The fraction of sp³-hybridized carbons (Fsp3) is 0.304. The van der Waals surface area contributed by atoms with Gasteiger partial charge in [-0.15, -0.1) is 0 Å². The van der Waals surface area contributed by atoms with Crippen molar-refractivity contribution >= 4 is 17.7 Å². The monoisotopic (exact) mass is 459 g/mol. The quantitative estimate of drug-likeness (QED) is 0.450. The lowest BCUT2D eigenvalue weighted by atomic mass is 10.1. The van der Waals surface area contributed by atoms with E-state index in [0.29, 0.717) is 5.16 Å². The van der Waals surface area contributed by atoms with Crippen LogP contribution in [0.25, 0.3) is 16.9 Å². The molecule has 1 aliphatic heterocycles. The number of benzene rings is 2. The van der Waals surface area contributed by atoms with Crippen LogP contribution in [0.1, 0.15) is 12.8 Å². The molecule has 0 atom stereocenters. The first-order valence-electron chi connectivity index (χ1n) is 10.2. The van der Waals surface area contributed by atoms with Gasteiger partial charge in [-0.2, -0.15) is 8.78 Å². The summed E-state index contributed by atoms with van der Waals surface area (Å²) < 4.78 is 36.7. The van der Waals surface area contributed by atoms with Crippen molar-refractivity contribution in [1.29, 1.82) is 0 Å². The van der Waals surface area contributed by atoms with Crippen LogP contribution in [0, 0.1) is 0 Å². The molecule has 1 saturated heterocycles. The highest BCUT2D eigenvalue weighted by Crippen LogP contribution is 2.32. The number of likely N-dealkylation sites (tertiary alicyclic amines) is 1. The molecule has 0 bridgehead atoms. The van der Waals surface area contributed by atoms with Gasteiger partial charge in [-0.3, -0.25) is 9.36 Å². The minimum atomic E-state index is -2.88. The molecule has 2 aromatic carbocycles. The topological polar surface area (TPSA) is 56.6 Å². The van der Waals surface area contributed by atoms with E-state index in [1.54, 1.807) is 25.4 Å². The molecule has 1 aliphatic rings. The largest absolute Gasteiger partial charge is 0.497 e. The number of thioether (sulfide) groups is 1. The van der Waals surface area contributed by atoms with Gasteiger partial charge in [-0.25, -0.2) is 4.98 Å². The van der Waals surface area contributed by atoms with Gasteiger partial charge in [0.05, 0.1) is 24.8 Å². The highest BCUT2D eigenvalue weighted by Gasteiger charge is 2.20. The lowest BCUT2D eigenvalue weighted by Crippen LogP contribution is -2.29. The normalized spacial score (nSPS) is 13.6. The smallest absolute Gasteiger partial charge is 0.387 e. The van der Waals surface area contributed by atoms with Crippen LogP contribution in [0.2, 0.25) is 0 Å². The number of aromatic nitrogens is 2. The maximum absolute atomic E-state index is 12.5. The van der Waals surface area contributed by atoms with E-state index in [4.69, 9.17) is 4.74 Å². The Morgan fingerprint density at radius 3 is 2.34 bits per heavy atom. The van der Waals surface area contributed by atoms with E-state index in [-0.39, 0.29) is 17.4 Å². The Morgan fingerprint density at radius 1 is 1.06 bits per heavy atom. The number of halogens is 2. The van der Waals surface area contributed by atoms with Crippen molar-refractivity contribution in [3.05, 3.63) is 54.7 Å². The lowest BCUT2D eigenvalue weighted by Gasteiger charge is -2.16. The fourth-order valence-electron chi connectivity index (χ4n) is 3.61. The molecule has 2 heterocycles. The number of ether oxygens (including phenoxy) is 2. The lowest BCUT2D eigenvalue weighted by molar-refractivity contribution is -0.127. The Bertz CT molecular complexity index is 1050. The molecule has 168 valence electrons. The van der Waals surface area contributed by atoms with Crippen LogP contribution in [0.5, 0.6) is 11.5 Å². The van der Waals surface area contributed by atoms with Crippen LogP contribution < -0.4 is 9.47 Å². The Morgan fingerprint density at radius 2 is 1.72 bits per heavy atom. The van der Waals surface area contributed by atoms with Crippen molar-refractivity contribution in [2.75, 3.05) is 26.0 Å². The molecule has 0 aliphatic carbocycles. The Kier molecular flexibility index (Phi) is 6.94. The van der Waals surface area contributed by atoms with Gasteiger partial charge < -0.3 is 14.4 Å². The zero-order chi connectivity index (χ0) is 22.5. The molecule has 3 aromatic rings. The average Bonchev–Trinajstić information content (AvgIpc) is 3.48. The third-order valence-corrected chi connectivity index (χ3v) is 6.16. The predicted octanol–water partition coefficient (Wildman–Crippen LogP) is 4.86. The van der Waals surface area contributed by atoms with Crippen molar-refractivity contribution in [1.82, 2.24) is 14.5 Å². The summed E-state index contributed by atoms with van der Waals surface area (Å²) in [4.78, 5) is 19.0. The Balaban J connectivity index is 1.64. The Hall–Kier alpha value is -3.07.